The number of halogens is 6. The molecule has 0 bridgehead atoms. The predicted octanol–water partition coefficient (Wildman–Crippen LogP) is 3.11. The van der Waals surface area contributed by atoms with Gasteiger partial charge in [-0.05, 0) is 23.8 Å². The smallest absolute Gasteiger partial charge is 0.300 e. The average molecular weight is 259 g/mol. The van der Waals surface area contributed by atoms with E-state index in [1.165, 1.54) is 0 Å². The summed E-state index contributed by atoms with van der Waals surface area (Å²) < 4.78 is 74.1. The molecular formula is C9H7F6NO. The van der Waals surface area contributed by atoms with Gasteiger partial charge in [0, 0.05) is 0 Å². The molecule has 2 N–H and O–H groups in total. The maximum atomic E-state index is 12.4. The van der Waals surface area contributed by atoms with Gasteiger partial charge >= 0.3 is 12.4 Å². The molecule has 17 heavy (non-hydrogen) atoms. The van der Waals surface area contributed by atoms with Gasteiger partial charge in [0.15, 0.2) is 0 Å². The van der Waals surface area contributed by atoms with Crippen LogP contribution < -0.4 is 5.90 Å². The van der Waals surface area contributed by atoms with Gasteiger partial charge in [0.1, 0.15) is 0 Å². The molecule has 0 saturated heterocycles. The molecule has 1 rings (SSSR count). The van der Waals surface area contributed by atoms with E-state index in [0.717, 1.165) is 0 Å². The van der Waals surface area contributed by atoms with Crippen LogP contribution in [0.25, 0.3) is 0 Å². The van der Waals surface area contributed by atoms with E-state index in [2.05, 4.69) is 10.7 Å². The molecule has 0 aliphatic carbocycles. The van der Waals surface area contributed by atoms with Crippen molar-refractivity contribution < 1.29 is 31.2 Å². The van der Waals surface area contributed by atoms with Gasteiger partial charge in [-0.1, -0.05) is 0 Å². The Hall–Kier alpha value is -1.28. The zero-order valence-electron chi connectivity index (χ0n) is 8.19. The SMILES string of the molecule is NOCc1cc(C(F)(F)F)ccc1C(F)(F)F. The summed E-state index contributed by atoms with van der Waals surface area (Å²) in [6, 6.07) is 1.09. The van der Waals surface area contributed by atoms with E-state index in [4.69, 9.17) is 0 Å². The Bertz CT molecular complexity index is 397. The number of alkyl halides is 6. The van der Waals surface area contributed by atoms with Gasteiger partial charge in [-0.25, -0.2) is 5.90 Å². The molecule has 0 amide bonds. The summed E-state index contributed by atoms with van der Waals surface area (Å²) in [4.78, 5) is 3.96. The van der Waals surface area contributed by atoms with Gasteiger partial charge in [-0.15, -0.1) is 0 Å². The topological polar surface area (TPSA) is 35.2 Å². The first-order valence-electron chi connectivity index (χ1n) is 4.25. The highest BCUT2D eigenvalue weighted by molar-refractivity contribution is 5.35. The van der Waals surface area contributed by atoms with Gasteiger partial charge in [-0.2, -0.15) is 26.3 Å². The van der Waals surface area contributed by atoms with Crippen molar-refractivity contribution in [2.24, 2.45) is 5.90 Å². The summed E-state index contributed by atoms with van der Waals surface area (Å²) in [5, 5.41) is 0. The minimum atomic E-state index is -4.75. The van der Waals surface area contributed by atoms with E-state index < -0.39 is 35.6 Å². The lowest BCUT2D eigenvalue weighted by Crippen LogP contribution is -2.14. The molecule has 1 aromatic rings. The van der Waals surface area contributed by atoms with Gasteiger partial charge in [0.2, 0.25) is 0 Å². The van der Waals surface area contributed by atoms with Crippen LogP contribution in [0.2, 0.25) is 0 Å². The molecule has 0 radical (unpaired) electrons. The third-order valence-corrected chi connectivity index (χ3v) is 1.98. The second-order valence-corrected chi connectivity index (χ2v) is 3.18. The third-order valence-electron chi connectivity index (χ3n) is 1.98. The summed E-state index contributed by atoms with van der Waals surface area (Å²) in [6.45, 7) is -0.751. The van der Waals surface area contributed by atoms with Crippen LogP contribution >= 0.6 is 0 Å². The fourth-order valence-corrected chi connectivity index (χ4v) is 1.26. The molecule has 0 atom stereocenters. The summed E-state index contributed by atoms with van der Waals surface area (Å²) >= 11 is 0. The maximum Gasteiger partial charge on any atom is 0.416 e. The second-order valence-electron chi connectivity index (χ2n) is 3.18. The molecule has 0 heterocycles. The van der Waals surface area contributed by atoms with E-state index in [0.29, 0.717) is 18.2 Å². The summed E-state index contributed by atoms with van der Waals surface area (Å²) in [6.07, 6.45) is -9.47. The normalized spacial score (nSPS) is 12.9. The number of nitrogens with two attached hydrogens (primary N) is 1. The average Bonchev–Trinajstić information content (AvgIpc) is 2.15. The van der Waals surface area contributed by atoms with E-state index >= 15 is 0 Å². The molecule has 0 aliphatic heterocycles. The molecule has 8 heteroatoms. The Morgan fingerprint density at radius 1 is 1.00 bits per heavy atom. The lowest BCUT2D eigenvalue weighted by molar-refractivity contribution is -0.142. The minimum Gasteiger partial charge on any atom is -0.300 e. The predicted molar refractivity (Wildman–Crippen MR) is 45.4 cm³/mol. The highest BCUT2D eigenvalue weighted by atomic mass is 19.4. The lowest BCUT2D eigenvalue weighted by Gasteiger charge is -2.14. The zero-order chi connectivity index (χ0) is 13.3. The van der Waals surface area contributed by atoms with Crippen molar-refractivity contribution in [3.8, 4) is 0 Å². The third kappa shape index (κ3) is 3.34. The lowest BCUT2D eigenvalue weighted by atomic mass is 10.0. The molecule has 96 valence electrons. The van der Waals surface area contributed by atoms with Crippen molar-refractivity contribution in [3.05, 3.63) is 34.9 Å². The van der Waals surface area contributed by atoms with Gasteiger partial charge in [-0.3, -0.25) is 4.84 Å². The highest BCUT2D eigenvalue weighted by Gasteiger charge is 2.36. The largest absolute Gasteiger partial charge is 0.416 e. The van der Waals surface area contributed by atoms with Crippen molar-refractivity contribution in [2.45, 2.75) is 19.0 Å². The number of hydrogen-bond acceptors (Lipinski definition) is 2. The first-order chi connectivity index (χ1) is 7.66. The Balaban J connectivity index is 3.27. The summed E-state index contributed by atoms with van der Waals surface area (Å²) in [5.41, 5.74) is -3.04. The van der Waals surface area contributed by atoms with Crippen LogP contribution in [0, 0.1) is 0 Å². The molecule has 0 aromatic heterocycles. The monoisotopic (exact) mass is 259 g/mol. The quantitative estimate of drug-likeness (QED) is 0.654. The molecule has 0 fully saturated rings. The minimum absolute atomic E-state index is 0.358. The van der Waals surface area contributed by atoms with Crippen LogP contribution in [-0.2, 0) is 23.8 Å². The fraction of sp³-hybridized carbons (Fsp3) is 0.333. The molecule has 0 spiro atoms. The van der Waals surface area contributed by atoms with Crippen molar-refractivity contribution >= 4 is 0 Å². The van der Waals surface area contributed by atoms with Crippen LogP contribution in [0.15, 0.2) is 18.2 Å². The summed E-state index contributed by atoms with van der Waals surface area (Å²) in [7, 11) is 0. The fourth-order valence-electron chi connectivity index (χ4n) is 1.26. The maximum absolute atomic E-state index is 12.4. The van der Waals surface area contributed by atoms with Gasteiger partial charge < -0.3 is 0 Å². The number of benzene rings is 1. The van der Waals surface area contributed by atoms with Crippen LogP contribution in [0.5, 0.6) is 0 Å². The molecular weight excluding hydrogens is 252 g/mol. The van der Waals surface area contributed by atoms with E-state index in [9.17, 15) is 26.3 Å². The molecule has 0 saturated carbocycles. The van der Waals surface area contributed by atoms with Crippen LogP contribution in [0.4, 0.5) is 26.3 Å². The first-order valence-corrected chi connectivity index (χ1v) is 4.25. The van der Waals surface area contributed by atoms with Gasteiger partial charge in [0.25, 0.3) is 0 Å². The molecule has 1 aromatic carbocycles. The van der Waals surface area contributed by atoms with Crippen molar-refractivity contribution in [3.63, 3.8) is 0 Å². The summed E-state index contributed by atoms with van der Waals surface area (Å²) in [5.74, 6) is 4.58. The Kier molecular flexibility index (Phi) is 3.68. The van der Waals surface area contributed by atoms with Crippen molar-refractivity contribution in [2.75, 3.05) is 0 Å². The highest BCUT2D eigenvalue weighted by Crippen LogP contribution is 2.36. The van der Waals surface area contributed by atoms with Crippen LogP contribution in [0.3, 0.4) is 0 Å². The van der Waals surface area contributed by atoms with Crippen molar-refractivity contribution in [1.82, 2.24) is 0 Å². The van der Waals surface area contributed by atoms with Crippen LogP contribution in [-0.4, -0.2) is 0 Å². The number of rotatable bonds is 2. The molecule has 0 aliphatic rings. The van der Waals surface area contributed by atoms with Gasteiger partial charge in [0.05, 0.1) is 17.7 Å². The Labute approximate surface area is 91.9 Å². The Morgan fingerprint density at radius 2 is 1.59 bits per heavy atom. The van der Waals surface area contributed by atoms with E-state index in [1.807, 2.05) is 0 Å². The zero-order valence-corrected chi connectivity index (χ0v) is 8.19. The second kappa shape index (κ2) is 4.53. The van der Waals surface area contributed by atoms with E-state index in [1.54, 1.807) is 0 Å². The van der Waals surface area contributed by atoms with E-state index in [-0.39, 0.29) is 0 Å². The van der Waals surface area contributed by atoms with Crippen molar-refractivity contribution in [1.29, 1.82) is 0 Å². The molecule has 0 unspecified atom stereocenters. The van der Waals surface area contributed by atoms with Crippen LogP contribution in [0.1, 0.15) is 16.7 Å². The molecule has 2 nitrogen and oxygen atoms in total. The Morgan fingerprint density at radius 3 is 2.00 bits per heavy atom. The first kappa shape index (κ1) is 13.8. The standard InChI is InChI=1S/C9H7F6NO/c10-8(11,12)6-1-2-7(9(13,14)15)5(3-6)4-17-16/h1-3H,4,16H2. The number of hydrogen-bond donors (Lipinski definition) is 1.